The zero-order chi connectivity index (χ0) is 17.1. The van der Waals surface area contributed by atoms with Crippen molar-refractivity contribution in [3.05, 3.63) is 0 Å². The van der Waals surface area contributed by atoms with Gasteiger partial charge in [-0.25, -0.2) is 4.39 Å². The van der Waals surface area contributed by atoms with Gasteiger partial charge < -0.3 is 62.0 Å². The Labute approximate surface area is 156 Å². The van der Waals surface area contributed by atoms with Crippen molar-refractivity contribution >= 4 is 11.9 Å². The van der Waals surface area contributed by atoms with Crippen molar-refractivity contribution in [1.82, 2.24) is 12.3 Å². The summed E-state index contributed by atoms with van der Waals surface area (Å²) in [5, 5.41) is 58.3. The van der Waals surface area contributed by atoms with E-state index in [0.29, 0.717) is 0 Å². The molecular formula is C11H21FN2O10Pt. The van der Waals surface area contributed by atoms with Gasteiger partial charge in [-0.3, -0.25) is 0 Å². The van der Waals surface area contributed by atoms with Crippen molar-refractivity contribution in [2.75, 3.05) is 13.2 Å². The molecule has 1 fully saturated rings. The maximum Gasteiger partial charge on any atom is 2.00 e. The molecule has 0 aliphatic carbocycles. The summed E-state index contributed by atoms with van der Waals surface area (Å²) in [6, 6.07) is 0. The van der Waals surface area contributed by atoms with Crippen LogP contribution in [0.4, 0.5) is 4.39 Å². The minimum absolute atomic E-state index is 0. The van der Waals surface area contributed by atoms with Crippen molar-refractivity contribution < 1.29 is 75.2 Å². The number of carboxylic acids is 2. The quantitative estimate of drug-likeness (QED) is 0.161. The van der Waals surface area contributed by atoms with Gasteiger partial charge in [-0.2, -0.15) is 0 Å². The third kappa shape index (κ3) is 6.47. The van der Waals surface area contributed by atoms with Crippen molar-refractivity contribution in [2.24, 2.45) is 0 Å². The Morgan fingerprint density at radius 1 is 1.08 bits per heavy atom. The fourth-order valence-electron chi connectivity index (χ4n) is 1.81. The smallest absolute Gasteiger partial charge is 0.546 e. The van der Waals surface area contributed by atoms with Gasteiger partial charge in [0, 0.05) is 6.42 Å². The Bertz CT molecular complexity index is 416. The molecule has 0 spiro atoms. The van der Waals surface area contributed by atoms with Crippen LogP contribution in [0.2, 0.25) is 0 Å². The van der Waals surface area contributed by atoms with E-state index in [9.17, 15) is 39.5 Å². The van der Waals surface area contributed by atoms with Gasteiger partial charge in [0.15, 0.2) is 12.0 Å². The second-order valence-corrected chi connectivity index (χ2v) is 4.69. The van der Waals surface area contributed by atoms with E-state index in [2.05, 4.69) is 0 Å². The summed E-state index contributed by atoms with van der Waals surface area (Å²) in [5.74, 6) is -5.05. The van der Waals surface area contributed by atoms with E-state index in [1.807, 2.05) is 0 Å². The zero-order valence-corrected chi connectivity index (χ0v) is 15.1. The fraction of sp³-hybridized carbons (Fsp3) is 0.818. The molecule has 1 unspecified atom stereocenters. The number of carbonyl (C=O) groups is 2. The van der Waals surface area contributed by atoms with Gasteiger partial charge >= 0.3 is 21.1 Å². The molecule has 1 aliphatic heterocycles. The molecule has 12 nitrogen and oxygen atoms in total. The van der Waals surface area contributed by atoms with E-state index >= 15 is 0 Å². The molecule has 0 aromatic carbocycles. The SMILES string of the molecule is N.N.O=C([O-])C(F)(CCOC1O[C@H](CO)[C@@H](O)[C@H](O)[C@H]1O)C(=O)[O-].[Pt+2]. The molecule has 0 aromatic rings. The van der Waals surface area contributed by atoms with Gasteiger partial charge in [-0.15, -0.1) is 0 Å². The van der Waals surface area contributed by atoms with Gasteiger partial charge in [0.1, 0.15) is 24.4 Å². The number of aliphatic hydroxyl groups excluding tert-OH is 4. The number of alkyl halides is 1. The Hall–Kier alpha value is -0.762. The van der Waals surface area contributed by atoms with E-state index < -0.39 is 67.9 Å². The summed E-state index contributed by atoms with van der Waals surface area (Å²) in [6.45, 7) is -1.57. The number of ether oxygens (including phenoxy) is 2. The van der Waals surface area contributed by atoms with Crippen LogP contribution in [-0.2, 0) is 40.1 Å². The monoisotopic (exact) mass is 555 g/mol. The third-order valence-electron chi connectivity index (χ3n) is 3.22. The number of carboxylic acid groups (broad SMARTS) is 2. The first-order valence-electron chi connectivity index (χ1n) is 6.19. The molecule has 1 saturated heterocycles. The van der Waals surface area contributed by atoms with Gasteiger partial charge in [0.2, 0.25) is 0 Å². The summed E-state index contributed by atoms with van der Waals surface area (Å²) in [5.41, 5.74) is -3.80. The van der Waals surface area contributed by atoms with E-state index in [-0.39, 0.29) is 33.4 Å². The molecule has 0 saturated carbocycles. The van der Waals surface area contributed by atoms with E-state index in [1.54, 1.807) is 0 Å². The predicted octanol–water partition coefficient (Wildman–Crippen LogP) is -5.28. The van der Waals surface area contributed by atoms with Gasteiger partial charge in [0.05, 0.1) is 25.2 Å². The Morgan fingerprint density at radius 3 is 1.96 bits per heavy atom. The summed E-state index contributed by atoms with van der Waals surface area (Å²) in [7, 11) is 0. The maximum absolute atomic E-state index is 13.5. The average Bonchev–Trinajstić information content (AvgIpc) is 2.46. The van der Waals surface area contributed by atoms with Crippen LogP contribution in [-0.4, -0.2) is 82.0 Å². The van der Waals surface area contributed by atoms with Gasteiger partial charge in [0.25, 0.3) is 0 Å². The molecule has 1 rings (SSSR count). The van der Waals surface area contributed by atoms with Crippen LogP contribution in [0.1, 0.15) is 6.42 Å². The molecular weight excluding hydrogens is 534 g/mol. The van der Waals surface area contributed by atoms with Crippen molar-refractivity contribution in [2.45, 2.75) is 42.8 Å². The summed E-state index contributed by atoms with van der Waals surface area (Å²) >= 11 is 0. The molecule has 0 bridgehead atoms. The molecule has 0 aromatic heterocycles. The minimum atomic E-state index is -3.80. The Balaban J connectivity index is -0.00000161. The standard InChI is InChI=1S/C11H17FO10.2H3N.Pt/c12-11(9(17)18,10(19)20)1-2-21-8-7(16)6(15)5(14)4(3-13)22-8;;;/h4-8,13-16H,1-3H2,(H,17,18)(H,19,20);2*1H3;/q;;;+2/p-2/t4-,5-,6+,7-,8?;;;/m1.../s1. The van der Waals surface area contributed by atoms with Crippen LogP contribution in [0.25, 0.3) is 0 Å². The number of rotatable bonds is 7. The van der Waals surface area contributed by atoms with Crippen molar-refractivity contribution in [3.63, 3.8) is 0 Å². The molecule has 0 amide bonds. The van der Waals surface area contributed by atoms with Crippen molar-refractivity contribution in [3.8, 4) is 0 Å². The van der Waals surface area contributed by atoms with E-state index in [4.69, 9.17) is 14.6 Å². The van der Waals surface area contributed by atoms with Crippen molar-refractivity contribution in [1.29, 1.82) is 0 Å². The molecule has 1 aliphatic rings. The van der Waals surface area contributed by atoms with Crippen LogP contribution in [0.15, 0.2) is 0 Å². The summed E-state index contributed by atoms with van der Waals surface area (Å²) in [6.07, 6.45) is -9.27. The molecule has 152 valence electrons. The molecule has 0 radical (unpaired) electrons. The Morgan fingerprint density at radius 2 is 1.56 bits per heavy atom. The zero-order valence-electron chi connectivity index (χ0n) is 12.9. The predicted molar refractivity (Wildman–Crippen MR) is 68.2 cm³/mol. The average molecular weight is 555 g/mol. The molecule has 1 heterocycles. The fourth-order valence-corrected chi connectivity index (χ4v) is 1.81. The van der Waals surface area contributed by atoms with E-state index in [0.717, 1.165) is 0 Å². The first kappa shape index (κ1) is 29.0. The van der Waals surface area contributed by atoms with Gasteiger partial charge in [-0.05, 0) is 0 Å². The largest absolute Gasteiger partial charge is 2.00 e. The number of aliphatic carboxylic acids is 2. The third-order valence-corrected chi connectivity index (χ3v) is 3.22. The van der Waals surface area contributed by atoms with Crippen LogP contribution >= 0.6 is 0 Å². The second kappa shape index (κ2) is 11.8. The summed E-state index contributed by atoms with van der Waals surface area (Å²) in [4.78, 5) is 20.9. The second-order valence-electron chi connectivity index (χ2n) is 4.69. The minimum Gasteiger partial charge on any atom is -0.546 e. The van der Waals surface area contributed by atoms with Crippen LogP contribution < -0.4 is 22.5 Å². The summed E-state index contributed by atoms with van der Waals surface area (Å²) < 4.78 is 23.2. The molecule has 14 heteroatoms. The normalized spacial score (nSPS) is 28.8. The molecule has 25 heavy (non-hydrogen) atoms. The number of hydrogen-bond donors (Lipinski definition) is 6. The molecule has 5 atom stereocenters. The number of aliphatic hydroxyl groups is 4. The number of carbonyl (C=O) groups excluding carboxylic acids is 2. The first-order valence-corrected chi connectivity index (χ1v) is 6.19. The molecule has 10 N–H and O–H groups in total. The van der Waals surface area contributed by atoms with Crippen LogP contribution in [0.5, 0.6) is 0 Å². The van der Waals surface area contributed by atoms with E-state index in [1.165, 1.54) is 0 Å². The van der Waals surface area contributed by atoms with Gasteiger partial charge in [-0.1, -0.05) is 0 Å². The Kier molecular flexibility index (Phi) is 13.7. The number of halogens is 1. The number of hydrogen-bond acceptors (Lipinski definition) is 12. The first-order chi connectivity index (χ1) is 10.1. The van der Waals surface area contributed by atoms with Crippen LogP contribution in [0, 0.1) is 0 Å². The maximum atomic E-state index is 13.5. The topological polar surface area (TPSA) is 250 Å². The van der Waals surface area contributed by atoms with Crippen LogP contribution in [0.3, 0.4) is 0 Å².